The van der Waals surface area contributed by atoms with E-state index in [9.17, 15) is 26.4 Å². The zero-order chi connectivity index (χ0) is 24.9. The molecule has 8 nitrogen and oxygen atoms in total. The van der Waals surface area contributed by atoms with Crippen molar-refractivity contribution in [3.63, 3.8) is 0 Å². The van der Waals surface area contributed by atoms with Gasteiger partial charge in [0, 0.05) is 26.2 Å². The van der Waals surface area contributed by atoms with Crippen molar-refractivity contribution >= 4 is 39.4 Å². The summed E-state index contributed by atoms with van der Waals surface area (Å²) < 4.78 is 70.7. The van der Waals surface area contributed by atoms with Crippen LogP contribution in [0.5, 0.6) is 0 Å². The number of piperazine rings is 1. The smallest absolute Gasteiger partial charge is 0.422 e. The summed E-state index contributed by atoms with van der Waals surface area (Å²) in [6.07, 6.45) is -5.57. The minimum Gasteiger partial charge on any atom is -0.440 e. The first-order valence-electron chi connectivity index (χ1n) is 10.3. The molecule has 1 saturated heterocycles. The third-order valence-electron chi connectivity index (χ3n) is 4.92. The van der Waals surface area contributed by atoms with E-state index in [1.807, 2.05) is 17.0 Å². The highest BCUT2D eigenvalue weighted by molar-refractivity contribution is 7.86. The van der Waals surface area contributed by atoms with Crippen LogP contribution in [0.25, 0.3) is 0 Å². The zero-order valence-corrected chi connectivity index (χ0v) is 20.2. The molecule has 0 spiro atoms. The van der Waals surface area contributed by atoms with Gasteiger partial charge in [-0.25, -0.2) is 17.5 Å². The number of amides is 1. The van der Waals surface area contributed by atoms with Crippen LogP contribution in [-0.2, 0) is 26.7 Å². The summed E-state index contributed by atoms with van der Waals surface area (Å²) in [5.74, 6) is 0. The lowest BCUT2D eigenvalue weighted by atomic mass is 10.2. The van der Waals surface area contributed by atoms with E-state index < -0.39 is 40.8 Å². The normalized spacial score (nSPS) is 16.3. The van der Waals surface area contributed by atoms with E-state index in [0.29, 0.717) is 28.6 Å². The first-order valence-corrected chi connectivity index (χ1v) is 12.5. The monoisotopic (exact) mass is 518 g/mol. The maximum Gasteiger partial charge on any atom is 0.422 e. The molecule has 2 aromatic rings. The van der Waals surface area contributed by atoms with Crippen LogP contribution < -0.4 is 9.62 Å². The van der Waals surface area contributed by atoms with Gasteiger partial charge in [0.2, 0.25) is 0 Å². The Morgan fingerprint density at radius 3 is 2.18 bits per heavy atom. The fourth-order valence-corrected chi connectivity index (χ4v) is 4.91. The van der Waals surface area contributed by atoms with Gasteiger partial charge in [0.25, 0.3) is 0 Å². The number of para-hydroxylation sites is 2. The summed E-state index contributed by atoms with van der Waals surface area (Å²) >= 11 is 0. The summed E-state index contributed by atoms with van der Waals surface area (Å²) in [6, 6.07) is 13.8. The molecular formula is C21H25F3N4O4S2. The van der Waals surface area contributed by atoms with Crippen molar-refractivity contribution in [3.05, 3.63) is 48.5 Å². The number of nitrogens with zero attached hydrogens (tertiary/aromatic N) is 3. The Labute approximate surface area is 200 Å². The number of alkyl halides is 3. The molecule has 2 unspecified atom stereocenters. The fraction of sp³-hybridized carbons (Fsp3) is 0.381. The van der Waals surface area contributed by atoms with Crippen molar-refractivity contribution in [3.8, 4) is 0 Å². The molecule has 1 heterocycles. The summed E-state index contributed by atoms with van der Waals surface area (Å²) in [5, 5.41) is 0. The second kappa shape index (κ2) is 11.2. The molecule has 2 aromatic carbocycles. The summed E-state index contributed by atoms with van der Waals surface area (Å²) in [6.45, 7) is -0.483. The van der Waals surface area contributed by atoms with Crippen LogP contribution in [0.15, 0.2) is 58.3 Å². The van der Waals surface area contributed by atoms with E-state index >= 15 is 0 Å². The van der Waals surface area contributed by atoms with Gasteiger partial charge in [0.1, 0.15) is 22.0 Å². The lowest BCUT2D eigenvalue weighted by molar-refractivity contribution is -0.162. The highest BCUT2D eigenvalue weighted by atomic mass is 32.2. The summed E-state index contributed by atoms with van der Waals surface area (Å²) in [5.41, 5.74) is 1.36. The van der Waals surface area contributed by atoms with Gasteiger partial charge in [-0.2, -0.15) is 13.2 Å². The molecule has 0 aromatic heterocycles. The molecule has 1 aliphatic heterocycles. The second-order valence-corrected chi connectivity index (χ2v) is 10.5. The predicted molar refractivity (Wildman–Crippen MR) is 124 cm³/mol. The van der Waals surface area contributed by atoms with Gasteiger partial charge in [0.05, 0.1) is 21.2 Å². The Balaban J connectivity index is 1.63. The van der Waals surface area contributed by atoms with Crippen LogP contribution in [0, 0.1) is 0 Å². The molecule has 0 saturated carbocycles. The van der Waals surface area contributed by atoms with E-state index in [-0.39, 0.29) is 13.1 Å². The molecule has 2 atom stereocenters. The average molecular weight is 519 g/mol. The van der Waals surface area contributed by atoms with Crippen molar-refractivity contribution in [2.45, 2.75) is 16.0 Å². The van der Waals surface area contributed by atoms with Gasteiger partial charge in [-0.15, -0.1) is 0 Å². The Hall–Kier alpha value is -2.64. The summed E-state index contributed by atoms with van der Waals surface area (Å²) in [4.78, 5) is 16.2. The Bertz CT molecular complexity index is 1040. The molecule has 186 valence electrons. The number of anilines is 2. The third-order valence-corrected chi connectivity index (χ3v) is 7.36. The number of halogens is 3. The van der Waals surface area contributed by atoms with Crippen LogP contribution in [0.4, 0.5) is 29.3 Å². The standard InChI is InChI=1S/C21H25F3N4O4S2/c1-26(2)34(31)17-9-7-16(8-10-17)33(30)25-18-5-3-4-6-19(18)27-11-13-28(14-12-27)20(29)32-15-21(22,23)24/h3-10,25H,11-15H2,1-2H3. The number of ether oxygens (including phenoxy) is 1. The van der Waals surface area contributed by atoms with Crippen LogP contribution in [0.2, 0.25) is 0 Å². The van der Waals surface area contributed by atoms with Crippen LogP contribution in [0.1, 0.15) is 0 Å². The largest absolute Gasteiger partial charge is 0.440 e. The zero-order valence-electron chi connectivity index (χ0n) is 18.6. The number of carbonyl (C=O) groups is 1. The average Bonchev–Trinajstić information content (AvgIpc) is 2.82. The minimum atomic E-state index is -4.57. The van der Waals surface area contributed by atoms with Gasteiger partial charge in [-0.3, -0.25) is 4.72 Å². The molecule has 1 amide bonds. The lowest BCUT2D eigenvalue weighted by Crippen LogP contribution is -2.49. The van der Waals surface area contributed by atoms with Gasteiger partial charge >= 0.3 is 12.3 Å². The van der Waals surface area contributed by atoms with Crippen molar-refractivity contribution in [1.82, 2.24) is 9.21 Å². The number of hydrogen-bond acceptors (Lipinski definition) is 5. The van der Waals surface area contributed by atoms with E-state index in [2.05, 4.69) is 9.46 Å². The van der Waals surface area contributed by atoms with E-state index in [1.54, 1.807) is 54.8 Å². The van der Waals surface area contributed by atoms with Gasteiger partial charge in [-0.1, -0.05) is 12.1 Å². The quantitative estimate of drug-likeness (QED) is 0.609. The molecule has 34 heavy (non-hydrogen) atoms. The maximum absolute atomic E-state index is 12.9. The number of nitrogens with one attached hydrogen (secondary N) is 1. The van der Waals surface area contributed by atoms with E-state index in [1.165, 1.54) is 4.90 Å². The molecule has 1 aliphatic rings. The first kappa shape index (κ1) is 26.0. The highest BCUT2D eigenvalue weighted by Crippen LogP contribution is 2.28. The topological polar surface area (TPSA) is 82.2 Å². The molecule has 1 fully saturated rings. The van der Waals surface area contributed by atoms with Gasteiger partial charge < -0.3 is 14.5 Å². The second-order valence-electron chi connectivity index (χ2n) is 7.56. The predicted octanol–water partition coefficient (Wildman–Crippen LogP) is 3.23. The minimum absolute atomic E-state index is 0.193. The number of carbonyl (C=O) groups excluding carboxylic acids is 1. The summed E-state index contributed by atoms with van der Waals surface area (Å²) in [7, 11) is 0.514. The van der Waals surface area contributed by atoms with Crippen LogP contribution in [0.3, 0.4) is 0 Å². The lowest BCUT2D eigenvalue weighted by Gasteiger charge is -2.36. The molecular weight excluding hydrogens is 493 g/mol. The van der Waals surface area contributed by atoms with E-state index in [0.717, 1.165) is 5.69 Å². The molecule has 1 N–H and O–H groups in total. The van der Waals surface area contributed by atoms with Crippen molar-refractivity contribution in [2.24, 2.45) is 0 Å². The Morgan fingerprint density at radius 1 is 1.00 bits per heavy atom. The molecule has 13 heteroatoms. The van der Waals surface area contributed by atoms with Crippen LogP contribution in [-0.4, -0.2) is 76.8 Å². The number of hydrogen-bond donors (Lipinski definition) is 1. The first-order chi connectivity index (χ1) is 16.0. The molecule has 0 bridgehead atoms. The van der Waals surface area contributed by atoms with Gasteiger partial charge in [0.15, 0.2) is 6.61 Å². The van der Waals surface area contributed by atoms with Crippen LogP contribution >= 0.6 is 0 Å². The Kier molecular flexibility index (Phi) is 8.55. The molecule has 0 radical (unpaired) electrons. The fourth-order valence-electron chi connectivity index (χ4n) is 3.25. The van der Waals surface area contributed by atoms with Crippen molar-refractivity contribution < 1.29 is 31.1 Å². The third kappa shape index (κ3) is 6.93. The maximum atomic E-state index is 12.9. The Morgan fingerprint density at radius 2 is 1.59 bits per heavy atom. The van der Waals surface area contributed by atoms with Crippen molar-refractivity contribution in [2.75, 3.05) is 56.5 Å². The van der Waals surface area contributed by atoms with Gasteiger partial charge in [-0.05, 0) is 50.5 Å². The van der Waals surface area contributed by atoms with E-state index in [4.69, 9.17) is 0 Å². The molecule has 3 rings (SSSR count). The highest BCUT2D eigenvalue weighted by Gasteiger charge is 2.31. The SMILES string of the molecule is CN(C)S(=O)c1ccc(S(=O)Nc2ccccc2N2CCN(C(=O)OCC(F)(F)F)CC2)cc1. The number of benzene rings is 2. The molecule has 0 aliphatic carbocycles. The number of rotatable bonds is 7. The van der Waals surface area contributed by atoms with Crippen molar-refractivity contribution in [1.29, 1.82) is 0 Å².